The molecule has 0 bridgehead atoms. The molecule has 3 N–H and O–H groups in total. The molecule has 1 saturated carbocycles. The standard InChI is InChI=1S/C22H18N4O2/c1-2-18-17-11-23-26-22(28)16-8-13(9-19(25-18)20(16)17)24-21(27)15-10-14(15)12-6-4-3-5-7-12/h2-9,11,14-15,25H,1,10H2,(H,24,27)(H,26,28). The topological polar surface area (TPSA) is 86.3 Å². The lowest BCUT2D eigenvalue weighted by molar-refractivity contribution is -0.117. The number of H-pyrrole nitrogens is 1. The summed E-state index contributed by atoms with van der Waals surface area (Å²) in [5, 5.41) is 7.72. The van der Waals surface area contributed by atoms with Crippen molar-refractivity contribution in [3.05, 3.63) is 71.4 Å². The minimum atomic E-state index is -0.306. The average Bonchev–Trinajstić information content (AvgIpc) is 3.46. The Balaban J connectivity index is 1.46. The summed E-state index contributed by atoms with van der Waals surface area (Å²) < 4.78 is 0. The lowest BCUT2D eigenvalue weighted by Crippen LogP contribution is -2.18. The van der Waals surface area contributed by atoms with Gasteiger partial charge in [-0.15, -0.1) is 0 Å². The number of benzene rings is 2. The molecule has 2 aromatic carbocycles. The number of carbonyl (C=O) groups excluding carboxylic acids is 2. The Hall–Kier alpha value is -3.67. The molecule has 6 heteroatoms. The van der Waals surface area contributed by atoms with Crippen LogP contribution in [0.4, 0.5) is 5.69 Å². The molecule has 5 rings (SSSR count). The van der Waals surface area contributed by atoms with Gasteiger partial charge >= 0.3 is 0 Å². The molecule has 1 aromatic heterocycles. The summed E-state index contributed by atoms with van der Waals surface area (Å²) in [5.74, 6) is -0.120. The highest BCUT2D eigenvalue weighted by Gasteiger charge is 2.43. The van der Waals surface area contributed by atoms with Crippen LogP contribution >= 0.6 is 0 Å². The first-order chi connectivity index (χ1) is 13.7. The van der Waals surface area contributed by atoms with Gasteiger partial charge in [0.15, 0.2) is 0 Å². The van der Waals surface area contributed by atoms with Gasteiger partial charge in [0, 0.05) is 33.8 Å². The van der Waals surface area contributed by atoms with E-state index < -0.39 is 0 Å². The summed E-state index contributed by atoms with van der Waals surface area (Å²) in [6, 6.07) is 13.6. The normalized spacial score (nSPS) is 19.8. The highest BCUT2D eigenvalue weighted by atomic mass is 16.2. The van der Waals surface area contributed by atoms with Gasteiger partial charge in [0.2, 0.25) is 5.91 Å². The summed E-state index contributed by atoms with van der Waals surface area (Å²) in [5.41, 5.74) is 7.10. The largest absolute Gasteiger partial charge is 0.354 e. The van der Waals surface area contributed by atoms with Crippen molar-refractivity contribution in [2.45, 2.75) is 12.3 Å². The molecule has 2 atom stereocenters. The zero-order valence-corrected chi connectivity index (χ0v) is 15.0. The van der Waals surface area contributed by atoms with Gasteiger partial charge in [-0.1, -0.05) is 36.9 Å². The number of amides is 2. The quantitative estimate of drug-likeness (QED) is 0.655. The second-order valence-corrected chi connectivity index (χ2v) is 7.15. The summed E-state index contributed by atoms with van der Waals surface area (Å²) in [6.07, 6.45) is 4.14. The van der Waals surface area contributed by atoms with Gasteiger partial charge in [0.05, 0.1) is 11.8 Å². The molecule has 138 valence electrons. The highest BCUT2D eigenvalue weighted by Crippen LogP contribution is 2.48. The van der Waals surface area contributed by atoms with Crippen molar-refractivity contribution in [1.82, 2.24) is 10.4 Å². The van der Waals surface area contributed by atoms with Crippen LogP contribution in [-0.2, 0) is 4.79 Å². The van der Waals surface area contributed by atoms with Crippen LogP contribution in [0.5, 0.6) is 0 Å². The third-order valence-electron chi connectivity index (χ3n) is 5.40. The fourth-order valence-electron chi connectivity index (χ4n) is 3.93. The van der Waals surface area contributed by atoms with E-state index >= 15 is 0 Å². The van der Waals surface area contributed by atoms with Crippen molar-refractivity contribution in [3.63, 3.8) is 0 Å². The maximum atomic E-state index is 12.7. The third-order valence-corrected chi connectivity index (χ3v) is 5.40. The lowest BCUT2D eigenvalue weighted by atomic mass is 10.0. The first-order valence-electron chi connectivity index (χ1n) is 9.17. The molecule has 3 aromatic rings. The van der Waals surface area contributed by atoms with Crippen molar-refractivity contribution in [3.8, 4) is 0 Å². The lowest BCUT2D eigenvalue weighted by Gasteiger charge is -2.08. The number of hydrogen-bond donors (Lipinski definition) is 3. The molecule has 2 amide bonds. The van der Waals surface area contributed by atoms with Gasteiger partial charge in [-0.05, 0) is 36.1 Å². The van der Waals surface area contributed by atoms with Crippen molar-refractivity contribution in [2.24, 2.45) is 11.0 Å². The highest BCUT2D eigenvalue weighted by molar-refractivity contribution is 6.17. The SMILES string of the molecule is C=Cc1[nH]c2cc(NC(=O)C3CC3c3ccccc3)cc3c2c1C=NNC3=O. The first-order valence-corrected chi connectivity index (χ1v) is 9.17. The fourth-order valence-corrected chi connectivity index (χ4v) is 3.93. The molecule has 28 heavy (non-hydrogen) atoms. The molecule has 6 nitrogen and oxygen atoms in total. The van der Waals surface area contributed by atoms with Crippen molar-refractivity contribution >= 4 is 40.7 Å². The number of anilines is 1. The Labute approximate surface area is 161 Å². The van der Waals surface area contributed by atoms with E-state index in [0.717, 1.165) is 28.6 Å². The van der Waals surface area contributed by atoms with Crippen molar-refractivity contribution in [1.29, 1.82) is 0 Å². The molecule has 2 heterocycles. The van der Waals surface area contributed by atoms with E-state index in [1.165, 1.54) is 5.56 Å². The zero-order valence-electron chi connectivity index (χ0n) is 15.0. The summed E-state index contributed by atoms with van der Waals surface area (Å²) in [7, 11) is 0. The summed E-state index contributed by atoms with van der Waals surface area (Å²) in [4.78, 5) is 28.4. The predicted octanol–water partition coefficient (Wildman–Crippen LogP) is 3.63. The molecular weight excluding hydrogens is 352 g/mol. The van der Waals surface area contributed by atoms with Gasteiger partial charge in [-0.25, -0.2) is 5.43 Å². The van der Waals surface area contributed by atoms with Crippen molar-refractivity contribution in [2.75, 3.05) is 5.32 Å². The minimum Gasteiger partial charge on any atom is -0.354 e. The van der Waals surface area contributed by atoms with Crippen LogP contribution < -0.4 is 10.7 Å². The summed E-state index contributed by atoms with van der Waals surface area (Å²) >= 11 is 0. The Morgan fingerprint density at radius 2 is 2.07 bits per heavy atom. The zero-order chi connectivity index (χ0) is 19.3. The number of hydrazone groups is 1. The molecule has 0 saturated heterocycles. The number of carbonyl (C=O) groups is 2. The Morgan fingerprint density at radius 1 is 1.25 bits per heavy atom. The van der Waals surface area contributed by atoms with E-state index in [0.29, 0.717) is 11.3 Å². The van der Waals surface area contributed by atoms with Crippen molar-refractivity contribution < 1.29 is 9.59 Å². The third kappa shape index (κ3) is 2.62. The van der Waals surface area contributed by atoms with Gasteiger partial charge in [0.25, 0.3) is 5.91 Å². The monoisotopic (exact) mass is 370 g/mol. The van der Waals surface area contributed by atoms with Crippen LogP contribution in [-0.4, -0.2) is 23.0 Å². The number of nitrogens with zero attached hydrogens (tertiary/aromatic N) is 1. The maximum absolute atomic E-state index is 12.7. The van der Waals surface area contributed by atoms with Crippen LogP contribution in [0, 0.1) is 5.92 Å². The second kappa shape index (κ2) is 6.20. The van der Waals surface area contributed by atoms with E-state index in [4.69, 9.17) is 0 Å². The second-order valence-electron chi connectivity index (χ2n) is 7.15. The van der Waals surface area contributed by atoms with E-state index in [2.05, 4.69) is 39.5 Å². The predicted molar refractivity (Wildman–Crippen MR) is 109 cm³/mol. The Bertz CT molecular complexity index is 1160. The molecule has 1 fully saturated rings. The molecule has 1 aliphatic carbocycles. The molecular formula is C22H18N4O2. The van der Waals surface area contributed by atoms with E-state index in [9.17, 15) is 9.59 Å². The van der Waals surface area contributed by atoms with E-state index in [-0.39, 0.29) is 23.7 Å². The number of rotatable bonds is 4. The van der Waals surface area contributed by atoms with Gasteiger partial charge < -0.3 is 10.3 Å². The van der Waals surface area contributed by atoms with Crippen LogP contribution in [0.3, 0.4) is 0 Å². The Kier molecular flexibility index (Phi) is 3.65. The van der Waals surface area contributed by atoms with Gasteiger partial charge in [0.1, 0.15) is 0 Å². The smallest absolute Gasteiger partial charge is 0.272 e. The number of aromatic nitrogens is 1. The Morgan fingerprint density at radius 3 is 2.86 bits per heavy atom. The molecule has 0 spiro atoms. The minimum absolute atomic E-state index is 0.0265. The van der Waals surface area contributed by atoms with E-state index in [1.807, 2.05) is 24.3 Å². The van der Waals surface area contributed by atoms with Gasteiger partial charge in [-0.3, -0.25) is 9.59 Å². The number of hydrogen-bond acceptors (Lipinski definition) is 3. The van der Waals surface area contributed by atoms with Crippen LogP contribution in [0.15, 0.2) is 54.1 Å². The van der Waals surface area contributed by atoms with Crippen LogP contribution in [0.1, 0.15) is 39.5 Å². The molecule has 2 unspecified atom stereocenters. The molecule has 1 aliphatic heterocycles. The number of aromatic amines is 1. The maximum Gasteiger partial charge on any atom is 0.272 e. The van der Waals surface area contributed by atoms with Crippen LogP contribution in [0.25, 0.3) is 17.0 Å². The molecule has 2 aliphatic rings. The average molecular weight is 370 g/mol. The molecule has 0 radical (unpaired) electrons. The fraction of sp³-hybridized carbons (Fsp3) is 0.136. The summed E-state index contributed by atoms with van der Waals surface area (Å²) in [6.45, 7) is 3.81. The number of nitrogens with one attached hydrogen (secondary N) is 3. The first kappa shape index (κ1) is 16.5. The van der Waals surface area contributed by atoms with E-state index in [1.54, 1.807) is 18.4 Å². The van der Waals surface area contributed by atoms with Gasteiger partial charge in [-0.2, -0.15) is 5.10 Å². The van der Waals surface area contributed by atoms with Crippen LogP contribution in [0.2, 0.25) is 0 Å².